The van der Waals surface area contributed by atoms with Crippen molar-refractivity contribution in [3.05, 3.63) is 70.8 Å². The molecule has 21 heavy (non-hydrogen) atoms. The summed E-state index contributed by atoms with van der Waals surface area (Å²) in [6, 6.07) is 15.9. The van der Waals surface area contributed by atoms with E-state index in [1.54, 1.807) is 0 Å². The van der Waals surface area contributed by atoms with E-state index in [-0.39, 0.29) is 0 Å². The van der Waals surface area contributed by atoms with Crippen LogP contribution in [-0.2, 0) is 24.3 Å². The number of hydrogen-bond donors (Lipinski definition) is 1. The Kier molecular flexibility index (Phi) is 3.76. The fourth-order valence-electron chi connectivity index (χ4n) is 2.99. The molecule has 0 saturated heterocycles. The van der Waals surface area contributed by atoms with Gasteiger partial charge in [0.2, 0.25) is 0 Å². The molecule has 3 nitrogen and oxygen atoms in total. The van der Waals surface area contributed by atoms with Gasteiger partial charge in [-0.3, -0.25) is 9.69 Å². The van der Waals surface area contributed by atoms with Crippen LogP contribution in [0.5, 0.6) is 0 Å². The molecule has 2 aromatic rings. The lowest BCUT2D eigenvalue weighted by atomic mass is 9.93. The summed E-state index contributed by atoms with van der Waals surface area (Å²) < 4.78 is 0. The Bertz CT molecular complexity index is 666. The Hall–Kier alpha value is -2.13. The second kappa shape index (κ2) is 5.70. The predicted octanol–water partition coefficient (Wildman–Crippen LogP) is 3.01. The number of fused-ring (bicyclic) bond motifs is 1. The molecule has 1 atom stereocenters. The molecule has 0 spiro atoms. The van der Waals surface area contributed by atoms with Gasteiger partial charge in [0.25, 0.3) is 0 Å². The molecule has 0 bridgehead atoms. The van der Waals surface area contributed by atoms with Gasteiger partial charge in [-0.1, -0.05) is 48.5 Å². The van der Waals surface area contributed by atoms with Gasteiger partial charge in [0, 0.05) is 13.1 Å². The topological polar surface area (TPSA) is 40.5 Å². The van der Waals surface area contributed by atoms with Gasteiger partial charge >= 0.3 is 5.97 Å². The van der Waals surface area contributed by atoms with Crippen LogP contribution in [0, 0.1) is 6.92 Å². The van der Waals surface area contributed by atoms with E-state index in [9.17, 15) is 9.90 Å². The van der Waals surface area contributed by atoms with Crippen molar-refractivity contribution in [3.63, 3.8) is 0 Å². The average molecular weight is 281 g/mol. The number of rotatable bonds is 3. The number of carboxylic acids is 1. The molecule has 0 aliphatic carbocycles. The summed E-state index contributed by atoms with van der Waals surface area (Å²) >= 11 is 0. The maximum Gasteiger partial charge on any atom is 0.321 e. The minimum absolute atomic E-state index is 0.445. The third-order valence-corrected chi connectivity index (χ3v) is 4.27. The lowest BCUT2D eigenvalue weighted by Crippen LogP contribution is -2.45. The minimum atomic E-state index is -0.738. The zero-order chi connectivity index (χ0) is 14.8. The van der Waals surface area contributed by atoms with Crippen molar-refractivity contribution in [2.24, 2.45) is 0 Å². The molecule has 0 aromatic heterocycles. The van der Waals surface area contributed by atoms with Gasteiger partial charge in [-0.25, -0.2) is 0 Å². The lowest BCUT2D eigenvalue weighted by Gasteiger charge is -2.34. The number of aliphatic carboxylic acids is 1. The average Bonchev–Trinajstić information content (AvgIpc) is 2.48. The molecular formula is C18H19NO2. The highest BCUT2D eigenvalue weighted by Crippen LogP contribution is 2.25. The smallest absolute Gasteiger partial charge is 0.321 e. The normalized spacial score (nSPS) is 18.2. The van der Waals surface area contributed by atoms with Crippen molar-refractivity contribution in [2.75, 3.05) is 0 Å². The maximum atomic E-state index is 11.6. The first-order valence-corrected chi connectivity index (χ1v) is 7.23. The largest absolute Gasteiger partial charge is 0.480 e. The number of carboxylic acid groups (broad SMARTS) is 1. The highest BCUT2D eigenvalue weighted by molar-refractivity contribution is 5.74. The molecule has 108 valence electrons. The van der Waals surface area contributed by atoms with Crippen LogP contribution in [0.4, 0.5) is 0 Å². The molecule has 0 fully saturated rings. The maximum absolute atomic E-state index is 11.6. The van der Waals surface area contributed by atoms with Crippen molar-refractivity contribution in [1.29, 1.82) is 0 Å². The fraction of sp³-hybridized carbons (Fsp3) is 0.278. The van der Waals surface area contributed by atoms with Crippen LogP contribution in [0.3, 0.4) is 0 Å². The van der Waals surface area contributed by atoms with E-state index in [4.69, 9.17) is 0 Å². The van der Waals surface area contributed by atoms with E-state index in [1.165, 1.54) is 16.7 Å². The monoisotopic (exact) mass is 281 g/mol. The molecule has 0 amide bonds. The van der Waals surface area contributed by atoms with Crippen molar-refractivity contribution >= 4 is 5.97 Å². The summed E-state index contributed by atoms with van der Waals surface area (Å²) in [7, 11) is 0. The van der Waals surface area contributed by atoms with Gasteiger partial charge in [0.05, 0.1) is 0 Å². The molecule has 1 aliphatic rings. The molecule has 1 unspecified atom stereocenters. The first-order valence-electron chi connectivity index (χ1n) is 7.23. The second-order valence-electron chi connectivity index (χ2n) is 5.66. The van der Waals surface area contributed by atoms with Gasteiger partial charge in [-0.2, -0.15) is 0 Å². The standard InChI is InChI=1S/C18H19NO2/c1-13-6-2-3-8-15(13)11-19-12-16-9-5-4-7-14(16)10-17(19)18(20)21/h2-9,17H,10-12H2,1H3,(H,20,21). The van der Waals surface area contributed by atoms with E-state index in [2.05, 4.69) is 30.0 Å². The predicted molar refractivity (Wildman–Crippen MR) is 82.0 cm³/mol. The second-order valence-corrected chi connectivity index (χ2v) is 5.66. The van der Waals surface area contributed by atoms with E-state index in [0.717, 1.165) is 5.56 Å². The van der Waals surface area contributed by atoms with Crippen molar-refractivity contribution in [1.82, 2.24) is 4.90 Å². The van der Waals surface area contributed by atoms with Crippen LogP contribution >= 0.6 is 0 Å². The number of hydrogen-bond acceptors (Lipinski definition) is 2. The summed E-state index contributed by atoms with van der Waals surface area (Å²) in [5.74, 6) is -0.738. The quantitative estimate of drug-likeness (QED) is 0.940. The van der Waals surface area contributed by atoms with Crippen LogP contribution < -0.4 is 0 Å². The van der Waals surface area contributed by atoms with Crippen molar-refractivity contribution in [3.8, 4) is 0 Å². The Morgan fingerprint density at radius 3 is 2.52 bits per heavy atom. The first kappa shape index (κ1) is 13.8. The number of benzene rings is 2. The Labute approximate surface area is 124 Å². The zero-order valence-corrected chi connectivity index (χ0v) is 12.1. The summed E-state index contributed by atoms with van der Waals surface area (Å²) in [5, 5.41) is 9.54. The van der Waals surface area contributed by atoms with Crippen molar-refractivity contribution in [2.45, 2.75) is 32.5 Å². The third kappa shape index (κ3) is 2.83. The molecular weight excluding hydrogens is 262 g/mol. The van der Waals surface area contributed by atoms with Crippen LogP contribution in [0.2, 0.25) is 0 Å². The van der Waals surface area contributed by atoms with E-state index < -0.39 is 12.0 Å². The molecule has 1 aliphatic heterocycles. The summed E-state index contributed by atoms with van der Waals surface area (Å²) in [6.45, 7) is 3.45. The highest BCUT2D eigenvalue weighted by atomic mass is 16.4. The number of nitrogens with zero attached hydrogens (tertiary/aromatic N) is 1. The Balaban J connectivity index is 1.89. The SMILES string of the molecule is Cc1ccccc1CN1Cc2ccccc2CC1C(=O)O. The van der Waals surface area contributed by atoms with Gasteiger partial charge in [0.1, 0.15) is 6.04 Å². The lowest BCUT2D eigenvalue weighted by molar-refractivity contribution is -0.144. The summed E-state index contributed by atoms with van der Waals surface area (Å²) in [4.78, 5) is 13.7. The molecule has 0 radical (unpaired) electrons. The fourth-order valence-corrected chi connectivity index (χ4v) is 2.99. The zero-order valence-electron chi connectivity index (χ0n) is 12.1. The summed E-state index contributed by atoms with van der Waals surface area (Å²) in [6.07, 6.45) is 0.581. The molecule has 0 saturated carbocycles. The minimum Gasteiger partial charge on any atom is -0.480 e. The number of carbonyl (C=O) groups is 1. The highest BCUT2D eigenvalue weighted by Gasteiger charge is 2.31. The molecule has 2 aromatic carbocycles. The Morgan fingerprint density at radius 2 is 1.81 bits per heavy atom. The first-order chi connectivity index (χ1) is 10.1. The van der Waals surface area contributed by atoms with E-state index >= 15 is 0 Å². The van der Waals surface area contributed by atoms with Crippen LogP contribution in [0.15, 0.2) is 48.5 Å². The molecule has 3 heteroatoms. The Morgan fingerprint density at radius 1 is 1.14 bits per heavy atom. The molecule has 1 heterocycles. The number of aryl methyl sites for hydroxylation is 1. The molecule has 1 N–H and O–H groups in total. The third-order valence-electron chi connectivity index (χ3n) is 4.27. The van der Waals surface area contributed by atoms with Crippen LogP contribution in [-0.4, -0.2) is 22.0 Å². The van der Waals surface area contributed by atoms with Crippen molar-refractivity contribution < 1.29 is 9.90 Å². The van der Waals surface area contributed by atoms with Gasteiger partial charge in [0.15, 0.2) is 0 Å². The van der Waals surface area contributed by atoms with Gasteiger partial charge in [-0.05, 0) is 35.6 Å². The van der Waals surface area contributed by atoms with Crippen LogP contribution in [0.1, 0.15) is 22.3 Å². The van der Waals surface area contributed by atoms with Crippen LogP contribution in [0.25, 0.3) is 0 Å². The molecule has 3 rings (SSSR count). The van der Waals surface area contributed by atoms with E-state index in [1.807, 2.05) is 30.3 Å². The van der Waals surface area contributed by atoms with Gasteiger partial charge in [-0.15, -0.1) is 0 Å². The van der Waals surface area contributed by atoms with Gasteiger partial charge < -0.3 is 5.11 Å². The van der Waals surface area contributed by atoms with E-state index in [0.29, 0.717) is 19.5 Å². The summed E-state index contributed by atoms with van der Waals surface area (Å²) in [5.41, 5.74) is 4.80.